The van der Waals surface area contributed by atoms with Gasteiger partial charge in [-0.1, -0.05) is 66.2 Å². The number of rotatable bonds is 0. The van der Waals surface area contributed by atoms with Crippen LogP contribution < -0.4 is 0 Å². The minimum Gasteiger partial charge on any atom is -0.291 e. The third kappa shape index (κ3) is 1.74. The molecule has 0 unspecified atom stereocenters. The highest BCUT2D eigenvalue weighted by molar-refractivity contribution is 6.32. The number of imidazole rings is 1. The van der Waals surface area contributed by atoms with E-state index < -0.39 is 0 Å². The maximum atomic E-state index is 6.24. The molecule has 4 aromatic carbocycles. The van der Waals surface area contributed by atoms with Gasteiger partial charge in [0.2, 0.25) is 0 Å². The van der Waals surface area contributed by atoms with Gasteiger partial charge in [0, 0.05) is 21.2 Å². The highest BCUT2D eigenvalue weighted by Gasteiger charge is 2.15. The van der Waals surface area contributed by atoms with Gasteiger partial charge in [-0.25, -0.2) is 4.98 Å². The molecule has 3 heteroatoms. The van der Waals surface area contributed by atoms with Crippen LogP contribution >= 0.6 is 11.6 Å². The van der Waals surface area contributed by atoms with E-state index in [0.29, 0.717) is 0 Å². The molecule has 0 aliphatic rings. The van der Waals surface area contributed by atoms with Crippen LogP contribution in [0.1, 0.15) is 0 Å². The van der Waals surface area contributed by atoms with E-state index in [9.17, 15) is 0 Å². The number of hydrogen-bond acceptors (Lipinski definition) is 1. The van der Waals surface area contributed by atoms with Crippen LogP contribution in [0.25, 0.3) is 49.1 Å². The normalized spacial score (nSPS) is 12.0. The molecular weight excluding hydrogens is 340 g/mol. The number of para-hydroxylation sites is 2. The number of hydrogen-bond donors (Lipinski definition) is 0. The molecule has 0 aliphatic carbocycles. The van der Waals surface area contributed by atoms with E-state index in [2.05, 4.69) is 65.1 Å². The minimum absolute atomic E-state index is 0.754. The Hall–Kier alpha value is -3.10. The molecule has 0 atom stereocenters. The van der Waals surface area contributed by atoms with Gasteiger partial charge < -0.3 is 0 Å². The Balaban J connectivity index is 2.05. The predicted molar refractivity (Wildman–Crippen MR) is 110 cm³/mol. The fourth-order valence-corrected chi connectivity index (χ4v) is 4.27. The number of nitrogens with zero attached hydrogens (tertiary/aromatic N) is 2. The molecule has 0 aliphatic heterocycles. The standard InChI is InChI=1S/C23H13ClN2/c24-15-10-12-16-14(13-15)9-11-18-17-5-1-2-6-19(17)23-25-20-7-3-4-8-21(20)26(23)22(16)18/h1-13H. The monoisotopic (exact) mass is 352 g/mol. The van der Waals surface area contributed by atoms with Gasteiger partial charge in [0.25, 0.3) is 0 Å². The molecule has 0 N–H and O–H groups in total. The summed E-state index contributed by atoms with van der Waals surface area (Å²) in [6.45, 7) is 0. The largest absolute Gasteiger partial charge is 0.291 e. The van der Waals surface area contributed by atoms with Gasteiger partial charge in [0.05, 0.1) is 16.6 Å². The van der Waals surface area contributed by atoms with Gasteiger partial charge in [0.1, 0.15) is 5.65 Å². The first-order chi connectivity index (χ1) is 12.8. The van der Waals surface area contributed by atoms with Crippen molar-refractivity contribution in [1.29, 1.82) is 0 Å². The van der Waals surface area contributed by atoms with Gasteiger partial charge in [-0.05, 0) is 35.0 Å². The first-order valence-electron chi connectivity index (χ1n) is 8.61. The van der Waals surface area contributed by atoms with E-state index in [1.54, 1.807) is 0 Å². The highest BCUT2D eigenvalue weighted by atomic mass is 35.5. The summed E-state index contributed by atoms with van der Waals surface area (Å²) >= 11 is 6.24. The smallest absolute Gasteiger partial charge is 0.146 e. The number of fused-ring (bicyclic) bond motifs is 10. The molecule has 2 aromatic heterocycles. The average Bonchev–Trinajstić information content (AvgIpc) is 3.07. The van der Waals surface area contributed by atoms with Crippen LogP contribution in [0.3, 0.4) is 0 Å². The maximum absolute atomic E-state index is 6.24. The van der Waals surface area contributed by atoms with E-state index in [-0.39, 0.29) is 0 Å². The van der Waals surface area contributed by atoms with Crippen LogP contribution in [0.2, 0.25) is 5.02 Å². The third-order valence-electron chi connectivity index (χ3n) is 5.20. The molecule has 0 bridgehead atoms. The first kappa shape index (κ1) is 14.1. The lowest BCUT2D eigenvalue weighted by Gasteiger charge is -2.12. The van der Waals surface area contributed by atoms with Gasteiger partial charge in [-0.3, -0.25) is 4.40 Å². The molecule has 0 amide bonds. The Morgan fingerprint density at radius 1 is 0.692 bits per heavy atom. The van der Waals surface area contributed by atoms with E-state index in [1.807, 2.05) is 18.2 Å². The lowest BCUT2D eigenvalue weighted by Crippen LogP contribution is -1.92. The molecule has 0 fully saturated rings. The Labute approximate surface area is 154 Å². The molecule has 6 rings (SSSR count). The van der Waals surface area contributed by atoms with Gasteiger partial charge in [-0.2, -0.15) is 0 Å². The van der Waals surface area contributed by atoms with Gasteiger partial charge >= 0.3 is 0 Å². The van der Waals surface area contributed by atoms with Crippen molar-refractivity contribution in [1.82, 2.24) is 9.38 Å². The number of aromatic nitrogens is 2. The summed E-state index contributed by atoms with van der Waals surface area (Å²) in [6.07, 6.45) is 0. The molecule has 0 saturated carbocycles. The Morgan fingerprint density at radius 2 is 1.46 bits per heavy atom. The van der Waals surface area contributed by atoms with Crippen LogP contribution in [-0.4, -0.2) is 9.38 Å². The Morgan fingerprint density at radius 3 is 2.38 bits per heavy atom. The summed E-state index contributed by atoms with van der Waals surface area (Å²) in [5.74, 6) is 0. The maximum Gasteiger partial charge on any atom is 0.146 e. The van der Waals surface area contributed by atoms with Gasteiger partial charge in [0.15, 0.2) is 0 Å². The fourth-order valence-electron chi connectivity index (χ4n) is 4.09. The van der Waals surface area contributed by atoms with Crippen molar-refractivity contribution in [3.8, 4) is 0 Å². The summed E-state index contributed by atoms with van der Waals surface area (Å²) in [4.78, 5) is 4.95. The molecule has 26 heavy (non-hydrogen) atoms. The van der Waals surface area contributed by atoms with Crippen LogP contribution in [0.4, 0.5) is 0 Å². The molecule has 0 radical (unpaired) electrons. The molecule has 2 nitrogen and oxygen atoms in total. The van der Waals surface area contributed by atoms with E-state index in [1.165, 1.54) is 27.1 Å². The van der Waals surface area contributed by atoms with Crippen molar-refractivity contribution in [2.45, 2.75) is 0 Å². The molecule has 0 saturated heterocycles. The van der Waals surface area contributed by atoms with E-state index in [0.717, 1.165) is 27.1 Å². The second kappa shape index (κ2) is 4.96. The van der Waals surface area contributed by atoms with Crippen molar-refractivity contribution in [3.05, 3.63) is 83.9 Å². The topological polar surface area (TPSA) is 17.3 Å². The summed E-state index contributed by atoms with van der Waals surface area (Å²) in [5.41, 5.74) is 4.31. The molecular formula is C23H13ClN2. The first-order valence-corrected chi connectivity index (χ1v) is 8.99. The van der Waals surface area contributed by atoms with Crippen LogP contribution in [-0.2, 0) is 0 Å². The predicted octanol–water partition coefficient (Wildman–Crippen LogP) is 6.60. The zero-order valence-electron chi connectivity index (χ0n) is 13.8. The fraction of sp³-hybridized carbons (Fsp3) is 0. The quantitative estimate of drug-likeness (QED) is 0.281. The molecule has 2 heterocycles. The van der Waals surface area contributed by atoms with Crippen molar-refractivity contribution < 1.29 is 0 Å². The van der Waals surface area contributed by atoms with E-state index >= 15 is 0 Å². The molecule has 122 valence electrons. The second-order valence-electron chi connectivity index (χ2n) is 6.63. The lowest BCUT2D eigenvalue weighted by molar-refractivity contribution is 1.32. The Kier molecular flexibility index (Phi) is 2.69. The van der Waals surface area contributed by atoms with E-state index in [4.69, 9.17) is 16.6 Å². The number of pyridine rings is 1. The SMILES string of the molecule is Clc1ccc2c(ccc3c4ccccc4c4nc5ccccc5n4c23)c1. The van der Waals surface area contributed by atoms with Crippen LogP contribution in [0.5, 0.6) is 0 Å². The van der Waals surface area contributed by atoms with Crippen molar-refractivity contribution in [3.63, 3.8) is 0 Å². The molecule has 0 spiro atoms. The zero-order valence-corrected chi connectivity index (χ0v) is 14.5. The summed E-state index contributed by atoms with van der Waals surface area (Å²) in [6, 6.07) is 27.3. The summed E-state index contributed by atoms with van der Waals surface area (Å²) < 4.78 is 2.29. The third-order valence-corrected chi connectivity index (χ3v) is 5.43. The lowest BCUT2D eigenvalue weighted by atomic mass is 10.0. The molecule has 6 aromatic rings. The number of benzene rings is 4. The second-order valence-corrected chi connectivity index (χ2v) is 7.07. The van der Waals surface area contributed by atoms with Crippen molar-refractivity contribution >= 4 is 60.7 Å². The summed E-state index contributed by atoms with van der Waals surface area (Å²) in [5, 5.41) is 6.70. The van der Waals surface area contributed by atoms with Crippen LogP contribution in [0, 0.1) is 0 Å². The Bertz CT molecular complexity index is 1490. The highest BCUT2D eigenvalue weighted by Crippen LogP contribution is 2.36. The van der Waals surface area contributed by atoms with Gasteiger partial charge in [-0.15, -0.1) is 0 Å². The van der Waals surface area contributed by atoms with Crippen molar-refractivity contribution in [2.24, 2.45) is 0 Å². The zero-order chi connectivity index (χ0) is 17.3. The number of halogens is 1. The minimum atomic E-state index is 0.754. The average molecular weight is 353 g/mol. The van der Waals surface area contributed by atoms with Crippen LogP contribution in [0.15, 0.2) is 78.9 Å². The summed E-state index contributed by atoms with van der Waals surface area (Å²) in [7, 11) is 0. The van der Waals surface area contributed by atoms with Crippen molar-refractivity contribution in [2.75, 3.05) is 0 Å².